The minimum Gasteiger partial charge on any atom is -1.00 e. The van der Waals surface area contributed by atoms with Gasteiger partial charge in [-0.25, -0.2) is 0 Å². The SMILES string of the molecule is C[O-].C[O-].C[O-].C[O-].[Ca+2].[Cl-]. The van der Waals surface area contributed by atoms with E-state index in [1.54, 1.807) is 0 Å². The molecule has 0 unspecified atom stereocenters. The van der Waals surface area contributed by atoms with Crippen LogP contribution in [0, 0.1) is 0 Å². The van der Waals surface area contributed by atoms with Crippen LogP contribution < -0.4 is 32.8 Å². The Morgan fingerprint density at radius 2 is 0.500 bits per heavy atom. The van der Waals surface area contributed by atoms with E-state index in [0.29, 0.717) is 0 Å². The molecule has 0 bridgehead atoms. The van der Waals surface area contributed by atoms with Crippen molar-refractivity contribution in [2.45, 2.75) is 0 Å². The van der Waals surface area contributed by atoms with Crippen molar-refractivity contribution in [2.75, 3.05) is 28.4 Å². The normalized spacial score (nSPS) is 2.40. The van der Waals surface area contributed by atoms with Crippen molar-refractivity contribution in [1.29, 1.82) is 0 Å². The minimum atomic E-state index is 0. The molecular weight excluding hydrogens is 188 g/mol. The van der Waals surface area contributed by atoms with Crippen molar-refractivity contribution >= 4 is 37.7 Å². The Hall–Kier alpha value is 1.39. The molecule has 0 heterocycles. The minimum absolute atomic E-state index is 0. The van der Waals surface area contributed by atoms with Gasteiger partial charge in [0.2, 0.25) is 0 Å². The maximum Gasteiger partial charge on any atom is 2.00 e. The van der Waals surface area contributed by atoms with Gasteiger partial charge in [0.15, 0.2) is 0 Å². The summed E-state index contributed by atoms with van der Waals surface area (Å²) in [6.07, 6.45) is 0. The van der Waals surface area contributed by atoms with Gasteiger partial charge in [-0.2, -0.15) is 28.4 Å². The van der Waals surface area contributed by atoms with Crippen LogP contribution in [0.25, 0.3) is 0 Å². The van der Waals surface area contributed by atoms with Crippen molar-refractivity contribution in [2.24, 2.45) is 0 Å². The van der Waals surface area contributed by atoms with Crippen LogP contribution in [0.3, 0.4) is 0 Å². The summed E-state index contributed by atoms with van der Waals surface area (Å²) in [5.74, 6) is 0. The molecule has 0 amide bonds. The van der Waals surface area contributed by atoms with Crippen molar-refractivity contribution in [1.82, 2.24) is 0 Å². The molecule has 0 aromatic rings. The molecule has 10 heavy (non-hydrogen) atoms. The van der Waals surface area contributed by atoms with E-state index in [-0.39, 0.29) is 50.1 Å². The second-order valence-corrected chi connectivity index (χ2v) is 0. The van der Waals surface area contributed by atoms with E-state index in [9.17, 15) is 0 Å². The van der Waals surface area contributed by atoms with E-state index in [2.05, 4.69) is 0 Å². The zero-order valence-corrected chi connectivity index (χ0v) is 9.68. The molecule has 0 fully saturated rings. The van der Waals surface area contributed by atoms with Gasteiger partial charge in [0, 0.05) is 0 Å². The van der Waals surface area contributed by atoms with Gasteiger partial charge < -0.3 is 32.8 Å². The second-order valence-electron chi connectivity index (χ2n) is 0. The van der Waals surface area contributed by atoms with Crippen molar-refractivity contribution in [3.05, 3.63) is 0 Å². The fourth-order valence-corrected chi connectivity index (χ4v) is 0. The van der Waals surface area contributed by atoms with Crippen LogP contribution in [-0.4, -0.2) is 66.2 Å². The first-order valence-electron chi connectivity index (χ1n) is 1.63. The standard InChI is InChI=1S/4CH3O.Ca.ClH/c4*1-2;;/h4*1H3;;1H/q4*-1;+2;/p-1. The number of rotatable bonds is 0. The van der Waals surface area contributed by atoms with Gasteiger partial charge in [-0.05, 0) is 0 Å². The molecule has 64 valence electrons. The molecule has 0 aromatic heterocycles. The number of hydrogen-bond donors (Lipinski definition) is 0. The van der Waals surface area contributed by atoms with E-state index < -0.39 is 0 Å². The van der Waals surface area contributed by atoms with Crippen LogP contribution in [0.1, 0.15) is 0 Å². The second kappa shape index (κ2) is 474. The molecule has 0 spiro atoms. The topological polar surface area (TPSA) is 92.2 Å². The van der Waals surface area contributed by atoms with Gasteiger partial charge in [0.25, 0.3) is 0 Å². The molecule has 0 atom stereocenters. The van der Waals surface area contributed by atoms with E-state index >= 15 is 0 Å². The third-order valence-electron chi connectivity index (χ3n) is 0. The van der Waals surface area contributed by atoms with Crippen LogP contribution in [0.15, 0.2) is 0 Å². The molecule has 0 aliphatic carbocycles. The molecule has 0 aliphatic rings. The summed E-state index contributed by atoms with van der Waals surface area (Å²) >= 11 is 0. The molecule has 0 rings (SSSR count). The Balaban J connectivity index is -0.00000000500. The van der Waals surface area contributed by atoms with Crippen LogP contribution in [0.5, 0.6) is 0 Å². The third kappa shape index (κ3) is 342. The molecule has 0 aromatic carbocycles. The van der Waals surface area contributed by atoms with Crippen LogP contribution in [-0.2, 0) is 0 Å². The van der Waals surface area contributed by atoms with E-state index in [1.807, 2.05) is 0 Å². The smallest absolute Gasteiger partial charge is 1.00 e. The average Bonchev–Trinajstić information content (AvgIpc) is 2.03. The fraction of sp³-hybridized carbons (Fsp3) is 1.00. The predicted octanol–water partition coefficient (Wildman–Crippen LogP) is -7.47. The van der Waals surface area contributed by atoms with E-state index in [4.69, 9.17) is 20.4 Å². The summed E-state index contributed by atoms with van der Waals surface area (Å²) in [5, 5.41) is 33.0. The van der Waals surface area contributed by atoms with Crippen LogP contribution >= 0.6 is 0 Å². The summed E-state index contributed by atoms with van der Waals surface area (Å²) in [5.41, 5.74) is 0. The molecule has 0 radical (unpaired) electrons. The Kier molecular flexibility index (Phi) is 2010. The first-order chi connectivity index (χ1) is 4.00. The van der Waals surface area contributed by atoms with E-state index in [0.717, 1.165) is 28.4 Å². The molecule has 0 aliphatic heterocycles. The predicted molar refractivity (Wildman–Crippen MR) is 29.4 cm³/mol. The Labute approximate surface area is 98.3 Å². The Morgan fingerprint density at radius 1 is 0.500 bits per heavy atom. The summed E-state index contributed by atoms with van der Waals surface area (Å²) < 4.78 is 0. The summed E-state index contributed by atoms with van der Waals surface area (Å²) in [4.78, 5) is 0. The largest absolute Gasteiger partial charge is 2.00 e. The Bertz CT molecular complexity index is 17.2. The monoisotopic (exact) mass is 199 g/mol. The third-order valence-corrected chi connectivity index (χ3v) is 0. The zero-order valence-electron chi connectivity index (χ0n) is 6.72. The van der Waals surface area contributed by atoms with Crippen LogP contribution in [0.4, 0.5) is 0 Å². The molecule has 0 N–H and O–H groups in total. The Morgan fingerprint density at radius 3 is 0.500 bits per heavy atom. The average molecular weight is 200 g/mol. The molecule has 4 nitrogen and oxygen atoms in total. The number of halogens is 1. The van der Waals surface area contributed by atoms with Gasteiger partial charge in [-0.3, -0.25) is 0 Å². The first-order valence-corrected chi connectivity index (χ1v) is 1.63. The number of hydrogen-bond acceptors (Lipinski definition) is 4. The quantitative estimate of drug-likeness (QED) is 0.363. The van der Waals surface area contributed by atoms with Crippen molar-refractivity contribution in [3.63, 3.8) is 0 Å². The van der Waals surface area contributed by atoms with Crippen molar-refractivity contribution < 1.29 is 32.8 Å². The fourth-order valence-electron chi connectivity index (χ4n) is 0. The molecular formula is C4H12CaClO4-3. The van der Waals surface area contributed by atoms with Gasteiger partial charge in [0.1, 0.15) is 0 Å². The van der Waals surface area contributed by atoms with E-state index in [1.165, 1.54) is 0 Å². The van der Waals surface area contributed by atoms with Gasteiger partial charge in [-0.1, -0.05) is 0 Å². The van der Waals surface area contributed by atoms with Gasteiger partial charge in [0.05, 0.1) is 0 Å². The summed E-state index contributed by atoms with van der Waals surface area (Å²) in [7, 11) is 3.00. The molecule has 6 heteroatoms. The summed E-state index contributed by atoms with van der Waals surface area (Å²) in [6.45, 7) is 0. The molecule has 0 saturated heterocycles. The summed E-state index contributed by atoms with van der Waals surface area (Å²) in [6, 6.07) is 0. The maximum absolute atomic E-state index is 8.25. The first kappa shape index (κ1) is 42.3. The molecule has 0 saturated carbocycles. The maximum atomic E-state index is 8.25. The van der Waals surface area contributed by atoms with Crippen LogP contribution in [0.2, 0.25) is 0 Å². The van der Waals surface area contributed by atoms with Gasteiger partial charge in [-0.15, -0.1) is 0 Å². The van der Waals surface area contributed by atoms with Gasteiger partial charge >= 0.3 is 37.7 Å². The van der Waals surface area contributed by atoms with Crippen molar-refractivity contribution in [3.8, 4) is 0 Å². The zero-order chi connectivity index (χ0) is 8.00.